The van der Waals surface area contributed by atoms with Gasteiger partial charge in [0.1, 0.15) is 24.2 Å². The van der Waals surface area contributed by atoms with Gasteiger partial charge in [0, 0.05) is 6.42 Å². The minimum absolute atomic E-state index is 0.418. The molecule has 0 saturated heterocycles. The highest BCUT2D eigenvalue weighted by atomic mass is 16.4. The zero-order valence-electron chi connectivity index (χ0n) is 16.6. The zero-order chi connectivity index (χ0) is 24.3. The summed E-state index contributed by atoms with van der Waals surface area (Å²) in [6.45, 7) is 0.342. The quantitative estimate of drug-likeness (QED) is 0.121. The summed E-state index contributed by atoms with van der Waals surface area (Å²) in [6.07, 6.45) is -3.28. The third-order valence-electron chi connectivity index (χ3n) is 3.90. The van der Waals surface area contributed by atoms with Crippen LogP contribution in [0.5, 0.6) is 0 Å². The largest absolute Gasteiger partial charge is 0.481 e. The maximum atomic E-state index is 12.5. The van der Waals surface area contributed by atoms with E-state index in [1.54, 1.807) is 0 Å². The number of aliphatic carboxylic acids is 2. The molecule has 176 valence electrons. The Hall–Kier alpha value is -3.30. The van der Waals surface area contributed by atoms with Crippen molar-refractivity contribution >= 4 is 35.6 Å². The van der Waals surface area contributed by atoms with E-state index in [2.05, 4.69) is 10.6 Å². The standard InChI is InChI=1S/C16H27N5O10/c1-6(23)12(15(29)20-9(16(30)31)4-10(18)24)21-14(28)8(2-3-11(25)26)19-13(27)7(17)5-22/h6-9,12,22-23H,2-5,17H2,1H3,(H2,18,24)(H,19,27)(H,20,29)(H,21,28)(H,25,26)(H,30,31). The molecular weight excluding hydrogens is 422 g/mol. The summed E-state index contributed by atoms with van der Waals surface area (Å²) in [7, 11) is 0. The van der Waals surface area contributed by atoms with Crippen LogP contribution in [0.3, 0.4) is 0 Å². The number of carbonyl (C=O) groups is 6. The Morgan fingerprint density at radius 1 is 0.903 bits per heavy atom. The normalized spacial score (nSPS) is 15.5. The third-order valence-corrected chi connectivity index (χ3v) is 3.90. The first-order chi connectivity index (χ1) is 14.3. The summed E-state index contributed by atoms with van der Waals surface area (Å²) in [5, 5.41) is 42.7. The molecule has 15 heteroatoms. The van der Waals surface area contributed by atoms with E-state index in [4.69, 9.17) is 26.8 Å². The molecule has 0 aromatic carbocycles. The van der Waals surface area contributed by atoms with Crippen LogP contribution in [-0.4, -0.2) is 92.9 Å². The maximum Gasteiger partial charge on any atom is 0.326 e. The van der Waals surface area contributed by atoms with E-state index in [1.807, 2.05) is 5.32 Å². The smallest absolute Gasteiger partial charge is 0.326 e. The predicted molar refractivity (Wildman–Crippen MR) is 101 cm³/mol. The van der Waals surface area contributed by atoms with E-state index >= 15 is 0 Å². The van der Waals surface area contributed by atoms with Crippen LogP contribution in [0.1, 0.15) is 26.2 Å². The number of aliphatic hydroxyl groups excluding tert-OH is 2. The molecule has 0 aliphatic heterocycles. The molecule has 0 aliphatic carbocycles. The molecule has 31 heavy (non-hydrogen) atoms. The van der Waals surface area contributed by atoms with Crippen LogP contribution in [0.15, 0.2) is 0 Å². The monoisotopic (exact) mass is 449 g/mol. The Balaban J connectivity index is 5.45. The molecule has 0 aliphatic rings. The molecule has 0 radical (unpaired) electrons. The number of aliphatic hydroxyl groups is 2. The lowest BCUT2D eigenvalue weighted by atomic mass is 10.1. The first kappa shape index (κ1) is 27.7. The summed E-state index contributed by atoms with van der Waals surface area (Å²) in [4.78, 5) is 69.6. The van der Waals surface area contributed by atoms with Crippen molar-refractivity contribution in [3.05, 3.63) is 0 Å². The lowest BCUT2D eigenvalue weighted by molar-refractivity contribution is -0.144. The summed E-state index contributed by atoms with van der Waals surface area (Å²) in [5.41, 5.74) is 10.2. The number of carboxylic acid groups (broad SMARTS) is 2. The van der Waals surface area contributed by atoms with Gasteiger partial charge >= 0.3 is 11.9 Å². The van der Waals surface area contributed by atoms with Crippen molar-refractivity contribution in [2.75, 3.05) is 6.61 Å². The Morgan fingerprint density at radius 3 is 1.87 bits per heavy atom. The number of carboxylic acids is 2. The second-order valence-corrected chi connectivity index (χ2v) is 6.58. The van der Waals surface area contributed by atoms with E-state index in [9.17, 15) is 33.9 Å². The summed E-state index contributed by atoms with van der Waals surface area (Å²) < 4.78 is 0. The van der Waals surface area contributed by atoms with Gasteiger partial charge in [-0.25, -0.2) is 4.79 Å². The highest BCUT2D eigenvalue weighted by molar-refractivity contribution is 5.95. The lowest BCUT2D eigenvalue weighted by Gasteiger charge is -2.26. The fourth-order valence-electron chi connectivity index (χ4n) is 2.22. The van der Waals surface area contributed by atoms with Crippen molar-refractivity contribution in [3.63, 3.8) is 0 Å². The van der Waals surface area contributed by atoms with E-state index < -0.39 is 91.7 Å². The van der Waals surface area contributed by atoms with Gasteiger partial charge in [-0.05, 0) is 13.3 Å². The van der Waals surface area contributed by atoms with Gasteiger partial charge < -0.3 is 47.8 Å². The maximum absolute atomic E-state index is 12.5. The lowest BCUT2D eigenvalue weighted by Crippen LogP contribution is -2.60. The van der Waals surface area contributed by atoms with Gasteiger partial charge in [0.05, 0.1) is 19.1 Å². The molecule has 0 aromatic heterocycles. The topological polar surface area (TPSA) is 271 Å². The molecule has 0 saturated carbocycles. The van der Waals surface area contributed by atoms with Gasteiger partial charge in [-0.2, -0.15) is 0 Å². The molecule has 5 unspecified atom stereocenters. The van der Waals surface area contributed by atoms with Gasteiger partial charge in [-0.3, -0.25) is 24.0 Å². The molecule has 0 aromatic rings. The van der Waals surface area contributed by atoms with Crippen molar-refractivity contribution in [1.29, 1.82) is 0 Å². The molecule has 0 heterocycles. The number of rotatable bonds is 14. The first-order valence-corrected chi connectivity index (χ1v) is 8.98. The highest BCUT2D eigenvalue weighted by Gasteiger charge is 2.33. The van der Waals surface area contributed by atoms with Crippen LogP contribution >= 0.6 is 0 Å². The summed E-state index contributed by atoms with van der Waals surface area (Å²) in [5.74, 6) is -7.14. The van der Waals surface area contributed by atoms with Gasteiger partial charge in [0.15, 0.2) is 0 Å². The highest BCUT2D eigenvalue weighted by Crippen LogP contribution is 2.03. The minimum atomic E-state index is -1.73. The number of nitrogens with one attached hydrogen (secondary N) is 3. The van der Waals surface area contributed by atoms with Gasteiger partial charge in [-0.15, -0.1) is 0 Å². The van der Waals surface area contributed by atoms with E-state index in [1.165, 1.54) is 0 Å². The average Bonchev–Trinajstić information content (AvgIpc) is 2.66. The molecule has 0 rings (SSSR count). The Labute approximate surface area is 176 Å². The molecule has 11 N–H and O–H groups in total. The SMILES string of the molecule is CC(O)C(NC(=O)C(CCC(=O)O)NC(=O)C(N)CO)C(=O)NC(CC(N)=O)C(=O)O. The van der Waals surface area contributed by atoms with Crippen molar-refractivity contribution in [3.8, 4) is 0 Å². The number of carbonyl (C=O) groups excluding carboxylic acids is 4. The predicted octanol–water partition coefficient (Wildman–Crippen LogP) is -5.03. The van der Waals surface area contributed by atoms with Gasteiger partial charge in [0.25, 0.3) is 0 Å². The number of hydrogen-bond donors (Lipinski definition) is 9. The van der Waals surface area contributed by atoms with Crippen molar-refractivity contribution in [1.82, 2.24) is 16.0 Å². The molecule has 0 bridgehead atoms. The van der Waals surface area contributed by atoms with Crippen LogP contribution in [0, 0.1) is 0 Å². The van der Waals surface area contributed by atoms with Crippen molar-refractivity contribution in [2.24, 2.45) is 11.5 Å². The average molecular weight is 449 g/mol. The van der Waals surface area contributed by atoms with E-state index in [-0.39, 0.29) is 0 Å². The van der Waals surface area contributed by atoms with Crippen LogP contribution in [0.25, 0.3) is 0 Å². The van der Waals surface area contributed by atoms with Crippen LogP contribution in [0.2, 0.25) is 0 Å². The Kier molecular flexibility index (Phi) is 11.7. The molecule has 4 amide bonds. The molecular formula is C16H27N5O10. The van der Waals surface area contributed by atoms with Crippen LogP contribution < -0.4 is 27.4 Å². The second-order valence-electron chi connectivity index (χ2n) is 6.58. The molecule has 15 nitrogen and oxygen atoms in total. The first-order valence-electron chi connectivity index (χ1n) is 8.98. The Bertz CT molecular complexity index is 698. The molecule has 0 fully saturated rings. The summed E-state index contributed by atoms with van der Waals surface area (Å²) >= 11 is 0. The number of primary amides is 1. The van der Waals surface area contributed by atoms with Crippen molar-refractivity contribution in [2.45, 2.75) is 56.5 Å². The molecule has 5 atom stereocenters. The van der Waals surface area contributed by atoms with E-state index in [0.29, 0.717) is 0 Å². The van der Waals surface area contributed by atoms with Crippen LogP contribution in [0.4, 0.5) is 0 Å². The van der Waals surface area contributed by atoms with Gasteiger partial charge in [0.2, 0.25) is 23.6 Å². The molecule has 0 spiro atoms. The number of nitrogens with two attached hydrogens (primary N) is 2. The van der Waals surface area contributed by atoms with Crippen molar-refractivity contribution < 1.29 is 49.2 Å². The Morgan fingerprint density at radius 2 is 1.45 bits per heavy atom. The van der Waals surface area contributed by atoms with Crippen LogP contribution in [-0.2, 0) is 28.8 Å². The second kappa shape index (κ2) is 13.1. The number of amides is 4. The fourth-order valence-corrected chi connectivity index (χ4v) is 2.22. The third kappa shape index (κ3) is 10.3. The zero-order valence-corrected chi connectivity index (χ0v) is 16.6. The minimum Gasteiger partial charge on any atom is -0.481 e. The fraction of sp³-hybridized carbons (Fsp3) is 0.625. The van der Waals surface area contributed by atoms with Gasteiger partial charge in [-0.1, -0.05) is 0 Å². The summed E-state index contributed by atoms with van der Waals surface area (Å²) in [6, 6.07) is -6.36. The van der Waals surface area contributed by atoms with E-state index in [0.717, 1.165) is 6.92 Å². The number of hydrogen-bond acceptors (Lipinski definition) is 9.